The van der Waals surface area contributed by atoms with Gasteiger partial charge in [-0.3, -0.25) is 4.90 Å². The standard InChI is InChI=1S/C15H26N4OS/c1-4-21-15-16-5-12(6-17-15)7-19-9-13(8-18(2)3)14(10-19)11-20/h5-6,13-14,20H,4,7-11H2,1-3H3/t13-,14-/m1/s1. The van der Waals surface area contributed by atoms with Crippen LogP contribution in [0.4, 0.5) is 0 Å². The Balaban J connectivity index is 1.91. The maximum Gasteiger partial charge on any atom is 0.187 e. The second-order valence-corrected chi connectivity index (χ2v) is 7.20. The topological polar surface area (TPSA) is 52.5 Å². The molecule has 2 rings (SSSR count). The number of hydrogen-bond acceptors (Lipinski definition) is 6. The van der Waals surface area contributed by atoms with Crippen molar-refractivity contribution in [1.82, 2.24) is 19.8 Å². The van der Waals surface area contributed by atoms with Crippen molar-refractivity contribution in [2.24, 2.45) is 11.8 Å². The molecular formula is C15H26N4OS. The maximum absolute atomic E-state index is 9.56. The number of likely N-dealkylation sites (tertiary alicyclic amines) is 1. The Labute approximate surface area is 131 Å². The molecule has 1 aliphatic heterocycles. The van der Waals surface area contributed by atoms with Crippen LogP contribution < -0.4 is 0 Å². The fourth-order valence-electron chi connectivity index (χ4n) is 2.93. The van der Waals surface area contributed by atoms with Gasteiger partial charge in [-0.2, -0.15) is 0 Å². The molecule has 0 aliphatic carbocycles. The molecule has 2 atom stereocenters. The molecule has 0 radical (unpaired) electrons. The third-order valence-corrected chi connectivity index (χ3v) is 4.61. The molecule has 0 unspecified atom stereocenters. The first-order valence-corrected chi connectivity index (χ1v) is 8.52. The van der Waals surface area contributed by atoms with Crippen LogP contribution in [0.15, 0.2) is 17.6 Å². The van der Waals surface area contributed by atoms with E-state index in [4.69, 9.17) is 0 Å². The molecule has 2 heterocycles. The van der Waals surface area contributed by atoms with Gasteiger partial charge in [0.05, 0.1) is 0 Å². The molecule has 0 spiro atoms. The molecule has 21 heavy (non-hydrogen) atoms. The zero-order valence-corrected chi connectivity index (χ0v) is 14.0. The van der Waals surface area contributed by atoms with E-state index < -0.39 is 0 Å². The van der Waals surface area contributed by atoms with E-state index in [9.17, 15) is 5.11 Å². The Bertz CT molecular complexity index is 426. The summed E-state index contributed by atoms with van der Waals surface area (Å²) in [7, 11) is 4.18. The van der Waals surface area contributed by atoms with Gasteiger partial charge in [-0.15, -0.1) is 0 Å². The van der Waals surface area contributed by atoms with E-state index >= 15 is 0 Å². The first-order chi connectivity index (χ1) is 10.1. The van der Waals surface area contributed by atoms with E-state index in [1.54, 1.807) is 11.8 Å². The third kappa shape index (κ3) is 4.92. The number of hydrogen-bond donors (Lipinski definition) is 1. The van der Waals surface area contributed by atoms with Crippen molar-refractivity contribution in [2.45, 2.75) is 18.6 Å². The van der Waals surface area contributed by atoms with E-state index in [-0.39, 0.29) is 6.61 Å². The van der Waals surface area contributed by atoms with Gasteiger partial charge >= 0.3 is 0 Å². The zero-order valence-electron chi connectivity index (χ0n) is 13.2. The lowest BCUT2D eigenvalue weighted by molar-refractivity contribution is 0.183. The molecule has 1 saturated heterocycles. The Morgan fingerprint density at radius 3 is 2.52 bits per heavy atom. The summed E-state index contributed by atoms with van der Waals surface area (Å²) in [6, 6.07) is 0. The molecule has 5 nitrogen and oxygen atoms in total. The lowest BCUT2D eigenvalue weighted by Gasteiger charge is -2.20. The highest BCUT2D eigenvalue weighted by Gasteiger charge is 2.32. The van der Waals surface area contributed by atoms with Crippen molar-refractivity contribution in [3.63, 3.8) is 0 Å². The van der Waals surface area contributed by atoms with E-state index in [2.05, 4.69) is 40.8 Å². The van der Waals surface area contributed by atoms with Crippen molar-refractivity contribution in [2.75, 3.05) is 46.1 Å². The summed E-state index contributed by atoms with van der Waals surface area (Å²) in [5.74, 6) is 1.92. The van der Waals surface area contributed by atoms with Crippen molar-refractivity contribution >= 4 is 11.8 Å². The van der Waals surface area contributed by atoms with E-state index in [0.717, 1.165) is 42.7 Å². The highest BCUT2D eigenvalue weighted by atomic mass is 32.2. The molecule has 1 aromatic rings. The average molecular weight is 310 g/mol. The van der Waals surface area contributed by atoms with Crippen molar-refractivity contribution in [1.29, 1.82) is 0 Å². The van der Waals surface area contributed by atoms with Gasteiger partial charge in [0.25, 0.3) is 0 Å². The van der Waals surface area contributed by atoms with E-state index in [1.165, 1.54) is 0 Å². The van der Waals surface area contributed by atoms with Crippen LogP contribution in [-0.4, -0.2) is 71.0 Å². The van der Waals surface area contributed by atoms with E-state index in [1.807, 2.05) is 12.4 Å². The first kappa shape index (κ1) is 16.7. The zero-order chi connectivity index (χ0) is 15.2. The number of aliphatic hydroxyl groups is 1. The van der Waals surface area contributed by atoms with Gasteiger partial charge < -0.3 is 10.0 Å². The molecule has 1 aliphatic rings. The van der Waals surface area contributed by atoms with Crippen LogP contribution in [0.2, 0.25) is 0 Å². The summed E-state index contributed by atoms with van der Waals surface area (Å²) in [5, 5.41) is 10.4. The Morgan fingerprint density at radius 1 is 1.29 bits per heavy atom. The minimum atomic E-state index is 0.275. The van der Waals surface area contributed by atoms with Gasteiger partial charge in [-0.25, -0.2) is 9.97 Å². The number of aromatic nitrogens is 2. The van der Waals surface area contributed by atoms with Crippen molar-refractivity contribution in [3.05, 3.63) is 18.0 Å². The minimum Gasteiger partial charge on any atom is -0.396 e. The Morgan fingerprint density at radius 2 is 1.95 bits per heavy atom. The lowest BCUT2D eigenvalue weighted by atomic mass is 9.97. The van der Waals surface area contributed by atoms with Crippen LogP contribution in [-0.2, 0) is 6.54 Å². The molecule has 0 bridgehead atoms. The molecule has 0 aromatic carbocycles. The summed E-state index contributed by atoms with van der Waals surface area (Å²) in [6.07, 6.45) is 3.86. The maximum atomic E-state index is 9.56. The average Bonchev–Trinajstić information content (AvgIpc) is 2.82. The Hall–Kier alpha value is -0.690. The molecule has 1 N–H and O–H groups in total. The van der Waals surface area contributed by atoms with Crippen LogP contribution in [0, 0.1) is 11.8 Å². The van der Waals surface area contributed by atoms with Gasteiger partial charge in [0, 0.05) is 50.7 Å². The van der Waals surface area contributed by atoms with Crippen LogP contribution in [0.5, 0.6) is 0 Å². The molecule has 118 valence electrons. The lowest BCUT2D eigenvalue weighted by Crippen LogP contribution is -2.28. The highest BCUT2D eigenvalue weighted by molar-refractivity contribution is 7.99. The predicted molar refractivity (Wildman–Crippen MR) is 86.3 cm³/mol. The molecular weight excluding hydrogens is 284 g/mol. The van der Waals surface area contributed by atoms with E-state index in [0.29, 0.717) is 11.8 Å². The fraction of sp³-hybridized carbons (Fsp3) is 0.733. The summed E-state index contributed by atoms with van der Waals surface area (Å²) in [6.45, 7) is 6.28. The first-order valence-electron chi connectivity index (χ1n) is 7.54. The number of rotatable bonds is 7. The van der Waals surface area contributed by atoms with Crippen LogP contribution >= 0.6 is 11.8 Å². The normalized spacial score (nSPS) is 23.1. The molecule has 1 aromatic heterocycles. The third-order valence-electron chi connectivity index (χ3n) is 3.85. The monoisotopic (exact) mass is 310 g/mol. The summed E-state index contributed by atoms with van der Waals surface area (Å²) < 4.78 is 0. The minimum absolute atomic E-state index is 0.275. The number of nitrogens with zero attached hydrogens (tertiary/aromatic N) is 4. The summed E-state index contributed by atoms with van der Waals surface area (Å²) in [4.78, 5) is 13.4. The summed E-state index contributed by atoms with van der Waals surface area (Å²) in [5.41, 5.74) is 1.15. The Kier molecular flexibility index (Phi) is 6.41. The molecule has 6 heteroatoms. The van der Waals surface area contributed by atoms with Gasteiger partial charge in [0.2, 0.25) is 0 Å². The van der Waals surface area contributed by atoms with Crippen LogP contribution in [0.25, 0.3) is 0 Å². The molecule has 1 fully saturated rings. The predicted octanol–water partition coefficient (Wildman–Crippen LogP) is 1.19. The second-order valence-electron chi connectivity index (χ2n) is 5.97. The van der Waals surface area contributed by atoms with Gasteiger partial charge in [-0.05, 0) is 31.7 Å². The van der Waals surface area contributed by atoms with Crippen LogP contribution in [0.3, 0.4) is 0 Å². The van der Waals surface area contributed by atoms with Gasteiger partial charge in [0.1, 0.15) is 0 Å². The second kappa shape index (κ2) is 8.08. The number of thioether (sulfide) groups is 1. The van der Waals surface area contributed by atoms with Gasteiger partial charge in [0.15, 0.2) is 5.16 Å². The molecule has 0 saturated carbocycles. The number of aliphatic hydroxyl groups excluding tert-OH is 1. The smallest absolute Gasteiger partial charge is 0.187 e. The van der Waals surface area contributed by atoms with Crippen molar-refractivity contribution < 1.29 is 5.11 Å². The largest absolute Gasteiger partial charge is 0.396 e. The quantitative estimate of drug-likeness (QED) is 0.603. The fourth-order valence-corrected chi connectivity index (χ4v) is 3.45. The van der Waals surface area contributed by atoms with Crippen LogP contribution in [0.1, 0.15) is 12.5 Å². The van der Waals surface area contributed by atoms with Crippen molar-refractivity contribution in [3.8, 4) is 0 Å². The molecule has 0 amide bonds. The highest BCUT2D eigenvalue weighted by Crippen LogP contribution is 2.25. The SMILES string of the molecule is CCSc1ncc(CN2C[C@@H](CN(C)C)[C@@H](CO)C2)cn1. The summed E-state index contributed by atoms with van der Waals surface area (Å²) >= 11 is 1.66. The van der Waals surface area contributed by atoms with Gasteiger partial charge in [-0.1, -0.05) is 18.7 Å².